The summed E-state index contributed by atoms with van der Waals surface area (Å²) in [4.78, 5) is 13.4. The summed E-state index contributed by atoms with van der Waals surface area (Å²) < 4.78 is 26.3. The largest absolute Gasteiger partial charge is 0.315 e. The molecule has 1 unspecified atom stereocenters. The zero-order valence-corrected chi connectivity index (χ0v) is 13.2. The molecule has 0 radical (unpaired) electrons. The van der Waals surface area contributed by atoms with E-state index in [0.717, 1.165) is 11.3 Å². The maximum absolute atomic E-state index is 12.4. The van der Waals surface area contributed by atoms with Gasteiger partial charge in [-0.15, -0.1) is 0 Å². The zero-order valence-electron chi connectivity index (χ0n) is 11.6. The molecule has 1 aromatic rings. The minimum absolute atomic E-state index is 0.103. The Morgan fingerprint density at radius 3 is 2.17 bits per heavy atom. The Balaban J connectivity index is 3.24. The van der Waals surface area contributed by atoms with Crippen LogP contribution in [0.2, 0.25) is 0 Å². The molecule has 1 atom stereocenters. The second-order valence-electron chi connectivity index (χ2n) is 5.49. The van der Waals surface area contributed by atoms with Gasteiger partial charge < -0.3 is 4.98 Å². The second kappa shape index (κ2) is 4.79. The summed E-state index contributed by atoms with van der Waals surface area (Å²) in [5, 5.41) is 0. The average molecular weight is 292 g/mol. The molecule has 18 heavy (non-hydrogen) atoms. The number of nitrogens with one attached hydrogen (secondary N) is 1. The van der Waals surface area contributed by atoms with E-state index in [4.69, 9.17) is 0 Å². The van der Waals surface area contributed by atoms with Crippen molar-refractivity contribution < 1.29 is 8.42 Å². The van der Waals surface area contributed by atoms with E-state index >= 15 is 0 Å². The fourth-order valence-corrected chi connectivity index (χ4v) is 4.53. The maximum atomic E-state index is 12.4. The Morgan fingerprint density at radius 1 is 1.33 bits per heavy atom. The molecular weight excluding hydrogens is 272 g/mol. The van der Waals surface area contributed by atoms with Crippen LogP contribution in [0.4, 0.5) is 0 Å². The molecule has 1 heterocycles. The number of hydrogen-bond donors (Lipinski definition) is 1. The first-order chi connectivity index (χ1) is 7.98. The first-order valence-electron chi connectivity index (χ1n) is 5.65. The van der Waals surface area contributed by atoms with E-state index in [1.807, 2.05) is 27.7 Å². The lowest BCUT2D eigenvalue weighted by atomic mass is 9.88. The molecule has 0 aliphatic rings. The number of rotatable bonds is 3. The SMILES string of the molecule is Cc1[nH]c(=O)sc1S(=O)(=O)N(C)C(C)C(C)(C)C. The molecule has 0 aliphatic heterocycles. The van der Waals surface area contributed by atoms with Crippen molar-refractivity contribution in [3.63, 3.8) is 0 Å². The van der Waals surface area contributed by atoms with E-state index in [1.165, 1.54) is 4.31 Å². The van der Waals surface area contributed by atoms with Crippen LogP contribution < -0.4 is 4.87 Å². The quantitative estimate of drug-likeness (QED) is 0.923. The van der Waals surface area contributed by atoms with E-state index in [9.17, 15) is 13.2 Å². The molecule has 104 valence electrons. The zero-order chi connectivity index (χ0) is 14.3. The van der Waals surface area contributed by atoms with E-state index in [-0.39, 0.29) is 20.5 Å². The van der Waals surface area contributed by atoms with Crippen LogP contribution in [0, 0.1) is 12.3 Å². The van der Waals surface area contributed by atoms with E-state index in [1.54, 1.807) is 14.0 Å². The third kappa shape index (κ3) is 2.84. The summed E-state index contributed by atoms with van der Waals surface area (Å²) in [5.74, 6) is 0. The third-order valence-electron chi connectivity index (χ3n) is 3.19. The minimum atomic E-state index is -3.61. The van der Waals surface area contributed by atoms with Crippen LogP contribution in [0.3, 0.4) is 0 Å². The van der Waals surface area contributed by atoms with Gasteiger partial charge >= 0.3 is 4.87 Å². The van der Waals surface area contributed by atoms with Crippen molar-refractivity contribution in [2.45, 2.75) is 44.9 Å². The topological polar surface area (TPSA) is 70.2 Å². The number of nitrogens with zero attached hydrogens (tertiary/aromatic N) is 1. The number of aromatic nitrogens is 1. The van der Waals surface area contributed by atoms with Gasteiger partial charge in [0.1, 0.15) is 0 Å². The number of aryl methyl sites for hydroxylation is 1. The van der Waals surface area contributed by atoms with Gasteiger partial charge in [-0.2, -0.15) is 4.31 Å². The second-order valence-corrected chi connectivity index (χ2v) is 8.67. The van der Waals surface area contributed by atoms with Crippen LogP contribution in [-0.4, -0.2) is 30.8 Å². The summed E-state index contributed by atoms with van der Waals surface area (Å²) in [7, 11) is -2.06. The van der Waals surface area contributed by atoms with E-state index < -0.39 is 10.0 Å². The molecule has 0 saturated heterocycles. The molecule has 1 aromatic heterocycles. The normalized spacial score (nSPS) is 15.1. The van der Waals surface area contributed by atoms with Gasteiger partial charge in [-0.1, -0.05) is 32.1 Å². The summed E-state index contributed by atoms with van der Waals surface area (Å²) in [6.45, 7) is 9.41. The van der Waals surface area contributed by atoms with Crippen LogP contribution in [0.1, 0.15) is 33.4 Å². The van der Waals surface area contributed by atoms with Crippen molar-refractivity contribution in [1.82, 2.24) is 9.29 Å². The van der Waals surface area contributed by atoms with Crippen molar-refractivity contribution in [2.24, 2.45) is 5.41 Å². The highest BCUT2D eigenvalue weighted by molar-refractivity contribution is 7.91. The van der Waals surface area contributed by atoms with Gasteiger partial charge in [0.05, 0.1) is 0 Å². The van der Waals surface area contributed by atoms with Gasteiger partial charge in [0.2, 0.25) is 0 Å². The van der Waals surface area contributed by atoms with Crippen molar-refractivity contribution >= 4 is 21.4 Å². The molecule has 0 aliphatic carbocycles. The van der Waals surface area contributed by atoms with E-state index in [2.05, 4.69) is 4.98 Å². The Labute approximate surface area is 112 Å². The van der Waals surface area contributed by atoms with E-state index in [0.29, 0.717) is 5.69 Å². The van der Waals surface area contributed by atoms with Gasteiger partial charge in [-0.05, 0) is 19.3 Å². The van der Waals surface area contributed by atoms with Crippen molar-refractivity contribution in [3.8, 4) is 0 Å². The summed E-state index contributed by atoms with van der Waals surface area (Å²) >= 11 is 0.737. The number of aromatic amines is 1. The van der Waals surface area contributed by atoms with Crippen LogP contribution in [-0.2, 0) is 10.0 Å². The maximum Gasteiger partial charge on any atom is 0.305 e. The number of H-pyrrole nitrogens is 1. The molecule has 0 spiro atoms. The lowest BCUT2D eigenvalue weighted by Crippen LogP contribution is -2.42. The first kappa shape index (κ1) is 15.4. The monoisotopic (exact) mass is 292 g/mol. The molecular formula is C11H20N2O3S2. The van der Waals surface area contributed by atoms with Gasteiger partial charge in [-0.3, -0.25) is 4.79 Å². The Morgan fingerprint density at radius 2 is 1.83 bits per heavy atom. The molecule has 1 rings (SSSR count). The van der Waals surface area contributed by atoms with Gasteiger partial charge in [-0.25, -0.2) is 8.42 Å². The molecule has 5 nitrogen and oxygen atoms in total. The first-order valence-corrected chi connectivity index (χ1v) is 7.91. The highest BCUT2D eigenvalue weighted by atomic mass is 32.2. The molecule has 7 heteroatoms. The fraction of sp³-hybridized carbons (Fsp3) is 0.727. The molecule has 0 fully saturated rings. The molecule has 0 saturated carbocycles. The average Bonchev–Trinajstić information content (AvgIpc) is 2.54. The summed E-state index contributed by atoms with van der Waals surface area (Å²) in [5.41, 5.74) is 0.231. The predicted octanol–water partition coefficient (Wildman–Crippen LogP) is 1.80. The van der Waals surface area contributed by atoms with Crippen molar-refractivity contribution in [1.29, 1.82) is 0 Å². The lowest BCUT2D eigenvalue weighted by molar-refractivity contribution is 0.216. The fourth-order valence-electron chi connectivity index (χ4n) is 1.52. The van der Waals surface area contributed by atoms with Crippen LogP contribution in [0.5, 0.6) is 0 Å². The van der Waals surface area contributed by atoms with Gasteiger partial charge in [0.25, 0.3) is 10.0 Å². The number of hydrogen-bond acceptors (Lipinski definition) is 4. The Hall–Kier alpha value is -0.660. The standard InChI is InChI=1S/C11H20N2O3S2/c1-7-9(17-10(14)12-7)18(15,16)13(6)8(2)11(3,4)5/h8H,1-6H3,(H,12,14). The molecule has 0 amide bonds. The molecule has 0 bridgehead atoms. The lowest BCUT2D eigenvalue weighted by Gasteiger charge is -2.34. The highest BCUT2D eigenvalue weighted by Crippen LogP contribution is 2.29. The number of thiazole rings is 1. The molecule has 1 N–H and O–H groups in total. The Bertz CT molecular complexity index is 578. The smallest absolute Gasteiger partial charge is 0.305 e. The highest BCUT2D eigenvalue weighted by Gasteiger charge is 2.34. The summed E-state index contributed by atoms with van der Waals surface area (Å²) in [6, 6.07) is -0.167. The van der Waals surface area contributed by atoms with Gasteiger partial charge in [0, 0.05) is 18.8 Å². The summed E-state index contributed by atoms with van der Waals surface area (Å²) in [6.07, 6.45) is 0. The minimum Gasteiger partial charge on any atom is -0.315 e. The third-order valence-corrected chi connectivity index (χ3v) is 6.70. The van der Waals surface area contributed by atoms with Crippen LogP contribution in [0.15, 0.2) is 9.00 Å². The van der Waals surface area contributed by atoms with Gasteiger partial charge in [0.15, 0.2) is 4.21 Å². The van der Waals surface area contributed by atoms with Crippen molar-refractivity contribution in [2.75, 3.05) is 7.05 Å². The van der Waals surface area contributed by atoms with Crippen LogP contribution in [0.25, 0.3) is 0 Å². The van der Waals surface area contributed by atoms with Crippen LogP contribution >= 0.6 is 11.3 Å². The number of sulfonamides is 1. The Kier molecular flexibility index (Phi) is 4.10. The predicted molar refractivity (Wildman–Crippen MR) is 73.5 cm³/mol. The molecule has 0 aromatic carbocycles. The van der Waals surface area contributed by atoms with Crippen molar-refractivity contribution in [3.05, 3.63) is 15.4 Å².